The fourth-order valence-electron chi connectivity index (χ4n) is 1.18. The van der Waals surface area contributed by atoms with E-state index in [9.17, 15) is 0 Å². The molecule has 0 amide bonds. The van der Waals surface area contributed by atoms with Crippen molar-refractivity contribution >= 4 is 32.9 Å². The number of aromatic nitrogens is 3. The van der Waals surface area contributed by atoms with E-state index in [-0.39, 0.29) is 0 Å². The van der Waals surface area contributed by atoms with Gasteiger partial charge in [0.25, 0.3) is 0 Å². The van der Waals surface area contributed by atoms with Crippen LogP contribution in [0.4, 0.5) is 5.95 Å². The molecule has 0 aliphatic carbocycles. The van der Waals surface area contributed by atoms with Gasteiger partial charge >= 0.3 is 0 Å². The third-order valence-corrected chi connectivity index (χ3v) is 2.47. The number of halogens is 1. The van der Waals surface area contributed by atoms with Crippen LogP contribution in [0.15, 0.2) is 16.7 Å². The molecule has 2 rings (SSSR count). The molecule has 78 valence electrons. The molecule has 0 spiro atoms. The first-order valence-electron chi connectivity index (χ1n) is 4.29. The van der Waals surface area contributed by atoms with Crippen molar-refractivity contribution in [3.8, 4) is 5.88 Å². The molecule has 1 N–H and O–H groups in total. The van der Waals surface area contributed by atoms with Crippen molar-refractivity contribution in [3.63, 3.8) is 0 Å². The summed E-state index contributed by atoms with van der Waals surface area (Å²) < 4.78 is 5.88. The predicted molar refractivity (Wildman–Crippen MR) is 61.1 cm³/mol. The molecule has 0 aliphatic rings. The zero-order chi connectivity index (χ0) is 10.8. The summed E-state index contributed by atoms with van der Waals surface area (Å²) in [5.41, 5.74) is 0.606. The Hall–Kier alpha value is -1.43. The summed E-state index contributed by atoms with van der Waals surface area (Å²) in [7, 11) is 3.33. The quantitative estimate of drug-likeness (QED) is 0.901. The molecule has 2 aromatic heterocycles. The maximum absolute atomic E-state index is 5.09. The number of pyridine rings is 1. The topological polar surface area (TPSA) is 59.9 Å². The van der Waals surface area contributed by atoms with Crippen molar-refractivity contribution in [2.75, 3.05) is 19.5 Å². The molecule has 0 aliphatic heterocycles. The number of fused-ring (bicyclic) bond motifs is 1. The number of nitrogens with one attached hydrogen (secondary N) is 1. The van der Waals surface area contributed by atoms with Gasteiger partial charge in [0.1, 0.15) is 0 Å². The minimum absolute atomic E-state index is 0.517. The standard InChI is InChI=1S/C9H9BrN4O/c1-11-9-12-4-5-3-6(10)8(15-2)13-7(5)14-9/h3-4H,1-2H3,(H,11,12,13,14). The third-order valence-electron chi connectivity index (χ3n) is 1.91. The summed E-state index contributed by atoms with van der Waals surface area (Å²) >= 11 is 3.35. The van der Waals surface area contributed by atoms with E-state index in [0.29, 0.717) is 17.5 Å². The molecule has 0 bridgehead atoms. The van der Waals surface area contributed by atoms with Gasteiger partial charge in [-0.05, 0) is 22.0 Å². The van der Waals surface area contributed by atoms with Crippen LogP contribution in [-0.4, -0.2) is 29.1 Å². The smallest absolute Gasteiger partial charge is 0.229 e. The van der Waals surface area contributed by atoms with Gasteiger partial charge in [-0.25, -0.2) is 4.98 Å². The van der Waals surface area contributed by atoms with E-state index in [1.807, 2.05) is 6.07 Å². The van der Waals surface area contributed by atoms with Crippen LogP contribution in [-0.2, 0) is 0 Å². The summed E-state index contributed by atoms with van der Waals surface area (Å²) in [5, 5.41) is 3.72. The Labute approximate surface area is 95.0 Å². The van der Waals surface area contributed by atoms with Crippen LogP contribution in [0, 0.1) is 0 Å². The van der Waals surface area contributed by atoms with Crippen molar-refractivity contribution in [3.05, 3.63) is 16.7 Å². The van der Waals surface area contributed by atoms with Gasteiger partial charge in [0.15, 0.2) is 5.65 Å². The fraction of sp³-hybridized carbons (Fsp3) is 0.222. The van der Waals surface area contributed by atoms with Crippen molar-refractivity contribution in [1.29, 1.82) is 0 Å². The van der Waals surface area contributed by atoms with E-state index in [1.54, 1.807) is 20.4 Å². The molecule has 0 unspecified atom stereocenters. The number of nitrogens with zero attached hydrogens (tertiary/aromatic N) is 3. The Morgan fingerprint density at radius 3 is 2.87 bits per heavy atom. The highest BCUT2D eigenvalue weighted by Crippen LogP contribution is 2.25. The van der Waals surface area contributed by atoms with Crippen molar-refractivity contribution < 1.29 is 4.74 Å². The minimum Gasteiger partial charge on any atom is -0.480 e. The van der Waals surface area contributed by atoms with Crippen LogP contribution in [0.25, 0.3) is 11.0 Å². The van der Waals surface area contributed by atoms with E-state index in [0.717, 1.165) is 9.86 Å². The highest BCUT2D eigenvalue weighted by Gasteiger charge is 2.06. The van der Waals surface area contributed by atoms with Crippen LogP contribution in [0.2, 0.25) is 0 Å². The minimum atomic E-state index is 0.517. The van der Waals surface area contributed by atoms with Gasteiger partial charge in [-0.15, -0.1) is 0 Å². The Morgan fingerprint density at radius 2 is 2.20 bits per heavy atom. The Morgan fingerprint density at radius 1 is 1.40 bits per heavy atom. The van der Waals surface area contributed by atoms with E-state index < -0.39 is 0 Å². The number of hydrogen-bond donors (Lipinski definition) is 1. The highest BCUT2D eigenvalue weighted by molar-refractivity contribution is 9.10. The zero-order valence-corrected chi connectivity index (χ0v) is 9.87. The summed E-state index contributed by atoms with van der Waals surface area (Å²) in [4.78, 5) is 12.5. The molecule has 0 saturated carbocycles. The Balaban J connectivity index is 2.66. The van der Waals surface area contributed by atoms with Gasteiger partial charge in [0, 0.05) is 18.6 Å². The summed E-state index contributed by atoms with van der Waals surface area (Å²) in [6, 6.07) is 1.88. The van der Waals surface area contributed by atoms with Gasteiger partial charge in [-0.3, -0.25) is 0 Å². The SMILES string of the molecule is CNc1ncc2cc(Br)c(OC)nc2n1. The number of rotatable bonds is 2. The lowest BCUT2D eigenvalue weighted by Crippen LogP contribution is -1.98. The zero-order valence-electron chi connectivity index (χ0n) is 8.28. The van der Waals surface area contributed by atoms with Crippen molar-refractivity contribution in [2.24, 2.45) is 0 Å². The monoisotopic (exact) mass is 268 g/mol. The third kappa shape index (κ3) is 1.85. The molecule has 6 heteroatoms. The van der Waals surface area contributed by atoms with E-state index >= 15 is 0 Å². The van der Waals surface area contributed by atoms with E-state index in [4.69, 9.17) is 4.74 Å². The number of methoxy groups -OCH3 is 1. The first-order valence-corrected chi connectivity index (χ1v) is 5.09. The van der Waals surface area contributed by atoms with Gasteiger partial charge in [-0.1, -0.05) is 0 Å². The van der Waals surface area contributed by atoms with Crippen LogP contribution in [0.3, 0.4) is 0 Å². The molecule has 0 atom stereocenters. The maximum atomic E-state index is 5.09. The molecule has 0 radical (unpaired) electrons. The normalized spacial score (nSPS) is 10.3. The average Bonchev–Trinajstić information content (AvgIpc) is 2.27. The molecular weight excluding hydrogens is 260 g/mol. The van der Waals surface area contributed by atoms with E-state index in [2.05, 4.69) is 36.2 Å². The van der Waals surface area contributed by atoms with Crippen molar-refractivity contribution in [1.82, 2.24) is 15.0 Å². The second-order valence-electron chi connectivity index (χ2n) is 2.84. The Bertz CT molecular complexity index is 503. The van der Waals surface area contributed by atoms with Gasteiger partial charge in [0.05, 0.1) is 11.6 Å². The first kappa shape index (κ1) is 10.1. The second-order valence-corrected chi connectivity index (χ2v) is 3.69. The lowest BCUT2D eigenvalue weighted by atomic mass is 10.3. The largest absolute Gasteiger partial charge is 0.480 e. The second kappa shape index (κ2) is 3.98. The fourth-order valence-corrected chi connectivity index (χ4v) is 1.68. The van der Waals surface area contributed by atoms with E-state index in [1.165, 1.54) is 0 Å². The van der Waals surface area contributed by atoms with Gasteiger partial charge < -0.3 is 10.1 Å². The lowest BCUT2D eigenvalue weighted by Gasteiger charge is -2.04. The molecule has 15 heavy (non-hydrogen) atoms. The van der Waals surface area contributed by atoms with Crippen LogP contribution in [0.1, 0.15) is 0 Å². The molecule has 0 aromatic carbocycles. The molecule has 2 heterocycles. The molecule has 5 nitrogen and oxygen atoms in total. The van der Waals surface area contributed by atoms with Crippen molar-refractivity contribution in [2.45, 2.75) is 0 Å². The van der Waals surface area contributed by atoms with Gasteiger partial charge in [0.2, 0.25) is 11.8 Å². The van der Waals surface area contributed by atoms with Crippen LogP contribution < -0.4 is 10.1 Å². The maximum Gasteiger partial charge on any atom is 0.229 e. The summed E-state index contributed by atoms with van der Waals surface area (Å²) in [5.74, 6) is 1.06. The summed E-state index contributed by atoms with van der Waals surface area (Å²) in [6.45, 7) is 0. The number of anilines is 1. The highest BCUT2D eigenvalue weighted by atomic mass is 79.9. The lowest BCUT2D eigenvalue weighted by molar-refractivity contribution is 0.396. The van der Waals surface area contributed by atoms with Gasteiger partial charge in [-0.2, -0.15) is 9.97 Å². The average molecular weight is 269 g/mol. The Kier molecular flexibility index (Phi) is 2.68. The molecular formula is C9H9BrN4O. The molecule has 2 aromatic rings. The predicted octanol–water partition coefficient (Wildman–Crippen LogP) is 1.84. The van der Waals surface area contributed by atoms with Crippen LogP contribution in [0.5, 0.6) is 5.88 Å². The first-order chi connectivity index (χ1) is 7.24. The summed E-state index contributed by atoms with van der Waals surface area (Å²) in [6.07, 6.45) is 1.71. The molecule has 0 fully saturated rings. The van der Waals surface area contributed by atoms with Crippen LogP contribution >= 0.6 is 15.9 Å². The molecule has 0 saturated heterocycles. The number of hydrogen-bond acceptors (Lipinski definition) is 5. The number of ether oxygens (including phenoxy) is 1.